The molecule has 0 radical (unpaired) electrons. The predicted molar refractivity (Wildman–Crippen MR) is 76.2 cm³/mol. The molecule has 0 aliphatic rings. The molecular weight excluding hydrogens is 242 g/mol. The average molecular weight is 265 g/mol. The van der Waals surface area contributed by atoms with Crippen LogP contribution in [-0.4, -0.2) is 30.1 Å². The van der Waals surface area contributed by atoms with Crippen LogP contribution in [0.4, 0.5) is 5.82 Å². The quantitative estimate of drug-likeness (QED) is 0.824. The van der Waals surface area contributed by atoms with Crippen molar-refractivity contribution in [3.05, 3.63) is 23.4 Å². The van der Waals surface area contributed by atoms with E-state index in [2.05, 4.69) is 10.3 Å². The number of anilines is 1. The van der Waals surface area contributed by atoms with E-state index in [9.17, 15) is 4.79 Å². The summed E-state index contributed by atoms with van der Waals surface area (Å²) < 4.78 is 5.36. The highest BCUT2D eigenvalue weighted by Crippen LogP contribution is 2.15. The molecule has 106 valence electrons. The predicted octanol–water partition coefficient (Wildman–Crippen LogP) is 1.94. The molecule has 1 rings (SSSR count). The van der Waals surface area contributed by atoms with E-state index in [4.69, 9.17) is 10.5 Å². The second-order valence-electron chi connectivity index (χ2n) is 4.84. The van der Waals surface area contributed by atoms with E-state index in [0.29, 0.717) is 24.5 Å². The van der Waals surface area contributed by atoms with Crippen molar-refractivity contribution in [2.45, 2.75) is 39.7 Å². The van der Waals surface area contributed by atoms with Gasteiger partial charge >= 0.3 is 0 Å². The fourth-order valence-electron chi connectivity index (χ4n) is 1.68. The normalized spacial score (nSPS) is 12.5. The number of nitrogens with two attached hydrogens (primary N) is 1. The molecule has 1 aromatic heterocycles. The van der Waals surface area contributed by atoms with E-state index < -0.39 is 0 Å². The maximum absolute atomic E-state index is 12.0. The van der Waals surface area contributed by atoms with E-state index in [0.717, 1.165) is 5.69 Å². The monoisotopic (exact) mass is 265 g/mol. The van der Waals surface area contributed by atoms with E-state index in [1.807, 2.05) is 27.7 Å². The first-order chi connectivity index (χ1) is 8.93. The van der Waals surface area contributed by atoms with E-state index in [1.165, 1.54) is 0 Å². The Balaban J connectivity index is 2.71. The molecule has 1 amide bonds. The summed E-state index contributed by atoms with van der Waals surface area (Å²) in [5.74, 6) is 0.453. The van der Waals surface area contributed by atoms with Crippen LogP contribution in [0.25, 0.3) is 0 Å². The van der Waals surface area contributed by atoms with Gasteiger partial charge in [0.2, 0.25) is 0 Å². The van der Waals surface area contributed by atoms with Gasteiger partial charge in [-0.3, -0.25) is 4.79 Å². The molecule has 0 aliphatic heterocycles. The van der Waals surface area contributed by atoms with Gasteiger partial charge in [-0.25, -0.2) is 4.98 Å². The van der Waals surface area contributed by atoms with Crippen LogP contribution in [0.3, 0.4) is 0 Å². The van der Waals surface area contributed by atoms with Gasteiger partial charge in [-0.15, -0.1) is 0 Å². The van der Waals surface area contributed by atoms with Crippen molar-refractivity contribution in [3.63, 3.8) is 0 Å². The van der Waals surface area contributed by atoms with Crippen LogP contribution in [0, 0.1) is 0 Å². The molecule has 1 atom stereocenters. The van der Waals surface area contributed by atoms with Crippen LogP contribution in [0.15, 0.2) is 12.1 Å². The largest absolute Gasteiger partial charge is 0.384 e. The Labute approximate surface area is 114 Å². The lowest BCUT2D eigenvalue weighted by Gasteiger charge is -2.13. The molecule has 1 heterocycles. The van der Waals surface area contributed by atoms with E-state index in [1.54, 1.807) is 12.1 Å². The van der Waals surface area contributed by atoms with Crippen molar-refractivity contribution in [3.8, 4) is 0 Å². The number of aromatic nitrogens is 1. The number of ether oxygens (including phenoxy) is 1. The van der Waals surface area contributed by atoms with Gasteiger partial charge in [0, 0.05) is 24.4 Å². The van der Waals surface area contributed by atoms with Crippen molar-refractivity contribution in [2.24, 2.45) is 0 Å². The van der Waals surface area contributed by atoms with E-state index in [-0.39, 0.29) is 17.9 Å². The Bertz CT molecular complexity index is 433. The lowest BCUT2D eigenvalue weighted by Crippen LogP contribution is -2.32. The van der Waals surface area contributed by atoms with E-state index >= 15 is 0 Å². The molecular formula is C14H23N3O2. The Hall–Kier alpha value is -1.62. The van der Waals surface area contributed by atoms with Crippen LogP contribution in [0.1, 0.15) is 49.7 Å². The number of carbonyl (C=O) groups excluding carboxylic acids is 1. The minimum absolute atomic E-state index is 0.00213. The molecule has 5 heteroatoms. The third kappa shape index (κ3) is 4.87. The fourth-order valence-corrected chi connectivity index (χ4v) is 1.68. The Morgan fingerprint density at radius 1 is 1.42 bits per heavy atom. The molecule has 0 saturated heterocycles. The summed E-state index contributed by atoms with van der Waals surface area (Å²) in [5, 5.41) is 2.83. The summed E-state index contributed by atoms with van der Waals surface area (Å²) in [6, 6.07) is 3.37. The number of nitrogens with zero attached hydrogens (tertiary/aromatic N) is 1. The highest BCUT2D eigenvalue weighted by Gasteiger charge is 2.11. The molecule has 5 nitrogen and oxygen atoms in total. The summed E-state index contributed by atoms with van der Waals surface area (Å²) in [4.78, 5) is 16.2. The smallest absolute Gasteiger partial charge is 0.251 e. The number of rotatable bonds is 6. The van der Waals surface area contributed by atoms with Crippen molar-refractivity contribution in [1.82, 2.24) is 10.3 Å². The standard InChI is InChI=1S/C14H23N3O2/c1-5-19-10(4)8-16-14(18)11-6-12(9(2)3)17-13(15)7-11/h6-7,9-10H,5,8H2,1-4H3,(H2,15,17)(H,16,18). The SMILES string of the molecule is CCOC(C)CNC(=O)c1cc(N)nc(C(C)C)c1. The minimum Gasteiger partial charge on any atom is -0.384 e. The van der Waals surface area contributed by atoms with Crippen molar-refractivity contribution >= 4 is 11.7 Å². The Kier molecular flexibility index (Phi) is 5.76. The Morgan fingerprint density at radius 2 is 2.11 bits per heavy atom. The zero-order chi connectivity index (χ0) is 14.4. The van der Waals surface area contributed by atoms with Gasteiger partial charge in [-0.05, 0) is 31.9 Å². The van der Waals surface area contributed by atoms with Gasteiger partial charge in [-0.2, -0.15) is 0 Å². The van der Waals surface area contributed by atoms with Gasteiger partial charge in [0.05, 0.1) is 6.10 Å². The van der Waals surface area contributed by atoms with Gasteiger partial charge in [0.1, 0.15) is 5.82 Å². The number of amides is 1. The van der Waals surface area contributed by atoms with Gasteiger partial charge in [0.15, 0.2) is 0 Å². The zero-order valence-corrected chi connectivity index (χ0v) is 12.1. The van der Waals surface area contributed by atoms with Gasteiger partial charge < -0.3 is 15.8 Å². The molecule has 1 unspecified atom stereocenters. The number of carbonyl (C=O) groups is 1. The molecule has 0 bridgehead atoms. The summed E-state index contributed by atoms with van der Waals surface area (Å²) in [6.07, 6.45) is -0.00213. The molecule has 19 heavy (non-hydrogen) atoms. The van der Waals surface area contributed by atoms with Crippen LogP contribution in [0.5, 0.6) is 0 Å². The summed E-state index contributed by atoms with van der Waals surface area (Å²) in [6.45, 7) is 8.99. The topological polar surface area (TPSA) is 77.2 Å². The number of hydrogen-bond acceptors (Lipinski definition) is 4. The number of nitrogen functional groups attached to an aromatic ring is 1. The molecule has 3 N–H and O–H groups in total. The third-order valence-electron chi connectivity index (χ3n) is 2.72. The maximum atomic E-state index is 12.0. The first-order valence-corrected chi connectivity index (χ1v) is 6.61. The molecule has 0 fully saturated rings. The van der Waals surface area contributed by atoms with Crippen LogP contribution < -0.4 is 11.1 Å². The lowest BCUT2D eigenvalue weighted by molar-refractivity contribution is 0.0695. The maximum Gasteiger partial charge on any atom is 0.251 e. The summed E-state index contributed by atoms with van der Waals surface area (Å²) in [5.41, 5.74) is 7.09. The number of pyridine rings is 1. The highest BCUT2D eigenvalue weighted by atomic mass is 16.5. The van der Waals surface area contributed by atoms with Crippen molar-refractivity contribution in [2.75, 3.05) is 18.9 Å². The molecule has 0 aromatic carbocycles. The average Bonchev–Trinajstić information content (AvgIpc) is 2.35. The zero-order valence-electron chi connectivity index (χ0n) is 12.1. The molecule has 0 aliphatic carbocycles. The lowest BCUT2D eigenvalue weighted by atomic mass is 10.1. The first-order valence-electron chi connectivity index (χ1n) is 6.61. The Morgan fingerprint density at radius 3 is 2.68 bits per heavy atom. The number of nitrogens with one attached hydrogen (secondary N) is 1. The van der Waals surface area contributed by atoms with Crippen LogP contribution in [0.2, 0.25) is 0 Å². The van der Waals surface area contributed by atoms with Gasteiger partial charge in [-0.1, -0.05) is 13.8 Å². The van der Waals surface area contributed by atoms with Crippen molar-refractivity contribution < 1.29 is 9.53 Å². The highest BCUT2D eigenvalue weighted by molar-refractivity contribution is 5.94. The minimum atomic E-state index is -0.150. The second kappa shape index (κ2) is 7.09. The van der Waals surface area contributed by atoms with Crippen molar-refractivity contribution in [1.29, 1.82) is 0 Å². The van der Waals surface area contributed by atoms with Crippen LogP contribution in [-0.2, 0) is 4.74 Å². The molecule has 0 saturated carbocycles. The van der Waals surface area contributed by atoms with Gasteiger partial charge in [0.25, 0.3) is 5.91 Å². The molecule has 0 spiro atoms. The first kappa shape index (κ1) is 15.4. The second-order valence-corrected chi connectivity index (χ2v) is 4.84. The fraction of sp³-hybridized carbons (Fsp3) is 0.571. The summed E-state index contributed by atoms with van der Waals surface area (Å²) in [7, 11) is 0. The van der Waals surface area contributed by atoms with Crippen LogP contribution >= 0.6 is 0 Å². The summed E-state index contributed by atoms with van der Waals surface area (Å²) >= 11 is 0. The number of hydrogen-bond donors (Lipinski definition) is 2. The molecule has 1 aromatic rings. The third-order valence-corrected chi connectivity index (χ3v) is 2.72.